The Morgan fingerprint density at radius 1 is 0.905 bits per heavy atom. The minimum absolute atomic E-state index is 0.00266. The largest absolute Gasteiger partial charge is 0.466 e. The van der Waals surface area contributed by atoms with Crippen molar-refractivity contribution in [3.8, 4) is 0 Å². The second-order valence-electron chi connectivity index (χ2n) is 6.25. The highest BCUT2D eigenvalue weighted by molar-refractivity contribution is 5.78. The van der Waals surface area contributed by atoms with Crippen LogP contribution in [0.1, 0.15) is 90.4 Å². The van der Waals surface area contributed by atoms with E-state index in [1.807, 2.05) is 6.92 Å². The summed E-state index contributed by atoms with van der Waals surface area (Å²) in [5.74, 6) is 0.310. The molecule has 1 atom stereocenters. The van der Waals surface area contributed by atoms with E-state index < -0.39 is 0 Å². The molecular formula is C18H32O3. The molecule has 0 aromatic heterocycles. The lowest BCUT2D eigenvalue weighted by molar-refractivity contribution is -0.148. The first-order chi connectivity index (χ1) is 10.2. The van der Waals surface area contributed by atoms with Crippen molar-refractivity contribution in [3.05, 3.63) is 0 Å². The van der Waals surface area contributed by atoms with Crippen LogP contribution in [0.4, 0.5) is 0 Å². The van der Waals surface area contributed by atoms with Gasteiger partial charge >= 0.3 is 5.97 Å². The molecule has 1 unspecified atom stereocenters. The lowest BCUT2D eigenvalue weighted by Gasteiger charge is -2.15. The molecule has 1 rings (SSSR count). The van der Waals surface area contributed by atoms with Crippen molar-refractivity contribution in [2.45, 2.75) is 90.4 Å². The maximum absolute atomic E-state index is 12.0. The van der Waals surface area contributed by atoms with Crippen molar-refractivity contribution in [1.82, 2.24) is 0 Å². The molecule has 0 aromatic rings. The highest BCUT2D eigenvalue weighted by atomic mass is 16.5. The molecule has 3 nitrogen and oxygen atoms in total. The molecule has 0 saturated heterocycles. The average molecular weight is 296 g/mol. The fraction of sp³-hybridized carbons (Fsp3) is 0.889. The predicted octanol–water partition coefficient (Wildman–Crippen LogP) is 4.82. The van der Waals surface area contributed by atoms with Crippen LogP contribution in [0.5, 0.6) is 0 Å². The SMILES string of the molecule is CCOC(=O)C1CCCCCCCCCCC(=O)CCC1. The minimum atomic E-state index is -0.0609. The smallest absolute Gasteiger partial charge is 0.308 e. The van der Waals surface area contributed by atoms with Crippen molar-refractivity contribution in [3.63, 3.8) is 0 Å². The van der Waals surface area contributed by atoms with E-state index in [4.69, 9.17) is 4.74 Å². The number of Topliss-reactive ketones (excluding diaryl/α,β-unsaturated/α-hetero) is 1. The molecule has 21 heavy (non-hydrogen) atoms. The Labute approximate surface area is 129 Å². The van der Waals surface area contributed by atoms with Gasteiger partial charge in [-0.3, -0.25) is 9.59 Å². The predicted molar refractivity (Wildman–Crippen MR) is 85.2 cm³/mol. The van der Waals surface area contributed by atoms with Gasteiger partial charge in [0.05, 0.1) is 12.5 Å². The van der Waals surface area contributed by atoms with Crippen molar-refractivity contribution in [2.75, 3.05) is 6.61 Å². The van der Waals surface area contributed by atoms with Crippen LogP contribution >= 0.6 is 0 Å². The first-order valence-corrected chi connectivity index (χ1v) is 8.92. The van der Waals surface area contributed by atoms with E-state index in [1.165, 1.54) is 38.5 Å². The summed E-state index contributed by atoms with van der Waals surface area (Å²) in [4.78, 5) is 23.8. The first-order valence-electron chi connectivity index (χ1n) is 8.92. The summed E-state index contributed by atoms with van der Waals surface area (Å²) in [5.41, 5.74) is 0. The van der Waals surface area contributed by atoms with E-state index in [0.29, 0.717) is 18.8 Å². The summed E-state index contributed by atoms with van der Waals surface area (Å²) >= 11 is 0. The van der Waals surface area contributed by atoms with E-state index in [9.17, 15) is 9.59 Å². The molecule has 0 spiro atoms. The third kappa shape index (κ3) is 8.90. The Hall–Kier alpha value is -0.860. The Morgan fingerprint density at radius 3 is 2.10 bits per heavy atom. The quantitative estimate of drug-likeness (QED) is 0.686. The highest BCUT2D eigenvalue weighted by Crippen LogP contribution is 2.21. The fourth-order valence-electron chi connectivity index (χ4n) is 3.08. The number of ether oxygens (including phenoxy) is 1. The van der Waals surface area contributed by atoms with Crippen LogP contribution in [0.15, 0.2) is 0 Å². The second kappa shape index (κ2) is 11.8. The zero-order chi connectivity index (χ0) is 15.3. The van der Waals surface area contributed by atoms with Gasteiger partial charge in [0.2, 0.25) is 0 Å². The Morgan fingerprint density at radius 2 is 1.43 bits per heavy atom. The van der Waals surface area contributed by atoms with Gasteiger partial charge in [0.25, 0.3) is 0 Å². The zero-order valence-corrected chi connectivity index (χ0v) is 13.7. The van der Waals surface area contributed by atoms with Gasteiger partial charge in [-0.05, 0) is 32.6 Å². The van der Waals surface area contributed by atoms with E-state index in [0.717, 1.165) is 38.5 Å². The van der Waals surface area contributed by atoms with Gasteiger partial charge in [0.1, 0.15) is 5.78 Å². The normalized spacial score (nSPS) is 23.9. The Bertz CT molecular complexity index is 299. The molecule has 0 N–H and O–H groups in total. The van der Waals surface area contributed by atoms with Crippen LogP contribution in [0.25, 0.3) is 0 Å². The lowest BCUT2D eigenvalue weighted by atomic mass is 9.94. The van der Waals surface area contributed by atoms with Crippen LogP contribution in [0, 0.1) is 5.92 Å². The lowest BCUT2D eigenvalue weighted by Crippen LogP contribution is -2.18. The summed E-state index contributed by atoms with van der Waals surface area (Å²) in [6.45, 7) is 2.31. The topological polar surface area (TPSA) is 43.4 Å². The van der Waals surface area contributed by atoms with Gasteiger partial charge in [0.15, 0.2) is 0 Å². The van der Waals surface area contributed by atoms with Gasteiger partial charge in [0, 0.05) is 12.8 Å². The summed E-state index contributed by atoms with van der Waals surface area (Å²) in [6.07, 6.45) is 13.6. The van der Waals surface area contributed by atoms with Crippen molar-refractivity contribution >= 4 is 11.8 Å². The first kappa shape index (κ1) is 18.2. The molecule has 0 heterocycles. The molecule has 0 amide bonds. The third-order valence-corrected chi connectivity index (χ3v) is 4.39. The summed E-state index contributed by atoms with van der Waals surface area (Å²) < 4.78 is 5.17. The fourth-order valence-corrected chi connectivity index (χ4v) is 3.08. The number of esters is 1. The molecule has 1 saturated carbocycles. The second-order valence-corrected chi connectivity index (χ2v) is 6.25. The number of ketones is 1. The number of rotatable bonds is 2. The maximum Gasteiger partial charge on any atom is 0.308 e. The van der Waals surface area contributed by atoms with Crippen LogP contribution in [-0.4, -0.2) is 18.4 Å². The van der Waals surface area contributed by atoms with Gasteiger partial charge in [-0.2, -0.15) is 0 Å². The van der Waals surface area contributed by atoms with Gasteiger partial charge in [-0.1, -0.05) is 44.9 Å². The number of hydrogen-bond donors (Lipinski definition) is 0. The monoisotopic (exact) mass is 296 g/mol. The van der Waals surface area contributed by atoms with Crippen LogP contribution in [0.2, 0.25) is 0 Å². The standard InChI is InChI=1S/C18H32O3/c1-2-21-18(20)16-12-9-7-5-3-4-6-8-10-14-17(19)15-11-13-16/h16H,2-15H2,1H3. The molecule has 0 aromatic carbocycles. The molecule has 3 heteroatoms. The minimum Gasteiger partial charge on any atom is -0.466 e. The van der Waals surface area contributed by atoms with Gasteiger partial charge in [-0.25, -0.2) is 0 Å². The van der Waals surface area contributed by atoms with Gasteiger partial charge < -0.3 is 4.74 Å². The summed E-state index contributed by atoms with van der Waals surface area (Å²) in [7, 11) is 0. The third-order valence-electron chi connectivity index (χ3n) is 4.39. The molecular weight excluding hydrogens is 264 g/mol. The molecule has 0 aliphatic heterocycles. The number of carbonyl (C=O) groups excluding carboxylic acids is 2. The Balaban J connectivity index is 2.44. The summed E-state index contributed by atoms with van der Waals surface area (Å²) in [6, 6.07) is 0. The Kier molecular flexibility index (Phi) is 10.2. The molecule has 122 valence electrons. The van der Waals surface area contributed by atoms with Crippen molar-refractivity contribution in [2.24, 2.45) is 5.92 Å². The highest BCUT2D eigenvalue weighted by Gasteiger charge is 2.19. The van der Waals surface area contributed by atoms with Crippen molar-refractivity contribution < 1.29 is 14.3 Å². The molecule has 0 bridgehead atoms. The summed E-state index contributed by atoms with van der Waals surface area (Å²) in [5, 5.41) is 0. The molecule has 1 fully saturated rings. The van der Waals surface area contributed by atoms with E-state index in [2.05, 4.69) is 0 Å². The van der Waals surface area contributed by atoms with Gasteiger partial charge in [-0.15, -0.1) is 0 Å². The van der Waals surface area contributed by atoms with Crippen molar-refractivity contribution in [1.29, 1.82) is 0 Å². The number of carbonyl (C=O) groups is 2. The molecule has 0 radical (unpaired) electrons. The van der Waals surface area contributed by atoms with E-state index in [-0.39, 0.29) is 11.9 Å². The van der Waals surface area contributed by atoms with Crippen LogP contribution in [-0.2, 0) is 14.3 Å². The maximum atomic E-state index is 12.0. The van der Waals surface area contributed by atoms with E-state index >= 15 is 0 Å². The van der Waals surface area contributed by atoms with Crippen LogP contribution < -0.4 is 0 Å². The average Bonchev–Trinajstić information content (AvgIpc) is 2.47. The zero-order valence-electron chi connectivity index (χ0n) is 13.7. The molecule has 1 aliphatic carbocycles. The van der Waals surface area contributed by atoms with E-state index in [1.54, 1.807) is 0 Å². The van der Waals surface area contributed by atoms with Crippen LogP contribution in [0.3, 0.4) is 0 Å². The molecule has 1 aliphatic rings. The number of hydrogen-bond acceptors (Lipinski definition) is 3.